The Labute approximate surface area is 88.9 Å². The molecule has 0 aliphatic carbocycles. The lowest BCUT2D eigenvalue weighted by molar-refractivity contribution is -0.135. The Kier molecular flexibility index (Phi) is 3.75. The van der Waals surface area contributed by atoms with E-state index in [0.717, 1.165) is 12.0 Å². The largest absolute Gasteiger partial charge is 0.481 e. The maximum Gasteiger partial charge on any atom is 0.315 e. The Morgan fingerprint density at radius 2 is 2.27 bits per heavy atom. The minimum Gasteiger partial charge on any atom is -0.481 e. The standard InChI is InChI=1S/C12H13NO2/c1-2-9-6-7-11(13)10(8-9)4-3-5-12(14)15/h6-8H,2,5,13H2,1H3,(H,14,15). The van der Waals surface area contributed by atoms with Gasteiger partial charge in [0.15, 0.2) is 0 Å². The number of aryl methyl sites for hydroxylation is 1. The Hall–Kier alpha value is -1.95. The van der Waals surface area contributed by atoms with Crippen LogP contribution in [0, 0.1) is 11.8 Å². The van der Waals surface area contributed by atoms with Crippen LogP contribution in [0.15, 0.2) is 18.2 Å². The molecule has 3 nitrogen and oxygen atoms in total. The van der Waals surface area contributed by atoms with Gasteiger partial charge < -0.3 is 10.8 Å². The highest BCUT2D eigenvalue weighted by atomic mass is 16.4. The fourth-order valence-corrected chi connectivity index (χ4v) is 1.15. The van der Waals surface area contributed by atoms with Crippen molar-refractivity contribution in [2.24, 2.45) is 0 Å². The van der Waals surface area contributed by atoms with Crippen LogP contribution in [0.1, 0.15) is 24.5 Å². The second-order valence-corrected chi connectivity index (χ2v) is 3.15. The second-order valence-electron chi connectivity index (χ2n) is 3.15. The lowest BCUT2D eigenvalue weighted by Crippen LogP contribution is -1.93. The molecule has 0 radical (unpaired) electrons. The summed E-state index contributed by atoms with van der Waals surface area (Å²) in [6, 6.07) is 5.63. The molecule has 0 aromatic heterocycles. The van der Waals surface area contributed by atoms with Crippen molar-refractivity contribution in [2.75, 3.05) is 5.73 Å². The summed E-state index contributed by atoms with van der Waals surface area (Å²) in [5.74, 6) is 4.40. The van der Waals surface area contributed by atoms with Crippen molar-refractivity contribution in [3.8, 4) is 11.8 Å². The Bertz CT molecular complexity index is 427. The van der Waals surface area contributed by atoms with Gasteiger partial charge in [-0.25, -0.2) is 0 Å². The number of carboxylic acids is 1. The van der Waals surface area contributed by atoms with Crippen LogP contribution in [0.3, 0.4) is 0 Å². The van der Waals surface area contributed by atoms with Crippen LogP contribution in [-0.4, -0.2) is 11.1 Å². The lowest BCUT2D eigenvalue weighted by Gasteiger charge is -2.00. The number of hydrogen-bond donors (Lipinski definition) is 2. The van der Waals surface area contributed by atoms with E-state index in [9.17, 15) is 4.79 Å². The third-order valence-corrected chi connectivity index (χ3v) is 1.99. The van der Waals surface area contributed by atoms with Crippen LogP contribution in [0.4, 0.5) is 5.69 Å². The molecule has 0 heterocycles. The molecule has 0 aliphatic rings. The van der Waals surface area contributed by atoms with Crippen LogP contribution in [-0.2, 0) is 11.2 Å². The zero-order valence-electron chi connectivity index (χ0n) is 8.58. The Morgan fingerprint density at radius 3 is 2.87 bits per heavy atom. The fraction of sp³-hybridized carbons (Fsp3) is 0.250. The van der Waals surface area contributed by atoms with Gasteiger partial charge >= 0.3 is 5.97 Å². The van der Waals surface area contributed by atoms with Crippen LogP contribution in [0.2, 0.25) is 0 Å². The van der Waals surface area contributed by atoms with E-state index in [1.165, 1.54) is 0 Å². The molecule has 0 bridgehead atoms. The van der Waals surface area contributed by atoms with Crippen molar-refractivity contribution < 1.29 is 9.90 Å². The van der Waals surface area contributed by atoms with Crippen LogP contribution < -0.4 is 5.73 Å². The van der Waals surface area contributed by atoms with Gasteiger partial charge in [0.2, 0.25) is 0 Å². The van der Waals surface area contributed by atoms with Gasteiger partial charge in [0.05, 0.1) is 0 Å². The van der Waals surface area contributed by atoms with Crippen molar-refractivity contribution >= 4 is 11.7 Å². The van der Waals surface area contributed by atoms with Gasteiger partial charge in [-0.2, -0.15) is 0 Å². The highest BCUT2D eigenvalue weighted by molar-refractivity contribution is 5.70. The van der Waals surface area contributed by atoms with Crippen LogP contribution >= 0.6 is 0 Å². The number of carbonyl (C=O) groups is 1. The Morgan fingerprint density at radius 1 is 1.53 bits per heavy atom. The number of benzene rings is 1. The first kappa shape index (κ1) is 11.1. The number of aliphatic carboxylic acids is 1. The minimum absolute atomic E-state index is 0.157. The SMILES string of the molecule is CCc1ccc(N)c(C#CCC(=O)O)c1. The summed E-state index contributed by atoms with van der Waals surface area (Å²) in [5.41, 5.74) is 8.15. The molecular weight excluding hydrogens is 190 g/mol. The number of hydrogen-bond acceptors (Lipinski definition) is 2. The molecule has 0 spiro atoms. The van der Waals surface area contributed by atoms with Crippen molar-refractivity contribution in [3.05, 3.63) is 29.3 Å². The van der Waals surface area contributed by atoms with Crippen molar-refractivity contribution in [1.82, 2.24) is 0 Å². The predicted molar refractivity (Wildman–Crippen MR) is 59.4 cm³/mol. The summed E-state index contributed by atoms with van der Waals surface area (Å²) in [5, 5.41) is 8.43. The zero-order chi connectivity index (χ0) is 11.3. The second kappa shape index (κ2) is 5.06. The van der Waals surface area contributed by atoms with Crippen LogP contribution in [0.5, 0.6) is 0 Å². The Balaban J connectivity index is 2.91. The molecule has 1 rings (SSSR count). The summed E-state index contributed by atoms with van der Waals surface area (Å²) < 4.78 is 0. The summed E-state index contributed by atoms with van der Waals surface area (Å²) in [4.78, 5) is 10.3. The summed E-state index contributed by atoms with van der Waals surface area (Å²) in [6.45, 7) is 2.04. The van der Waals surface area contributed by atoms with Crippen molar-refractivity contribution in [2.45, 2.75) is 19.8 Å². The lowest BCUT2D eigenvalue weighted by atomic mass is 10.1. The van der Waals surface area contributed by atoms with E-state index in [1.807, 2.05) is 19.1 Å². The quantitative estimate of drug-likeness (QED) is 0.567. The minimum atomic E-state index is -0.923. The molecule has 0 aliphatic heterocycles. The molecule has 3 N–H and O–H groups in total. The molecule has 0 saturated heterocycles. The molecule has 1 aromatic rings. The van der Waals surface area contributed by atoms with Gasteiger partial charge in [0, 0.05) is 11.3 Å². The monoisotopic (exact) mass is 203 g/mol. The summed E-state index contributed by atoms with van der Waals surface area (Å²) in [7, 11) is 0. The van der Waals surface area contributed by atoms with E-state index in [4.69, 9.17) is 10.8 Å². The maximum absolute atomic E-state index is 10.3. The third-order valence-electron chi connectivity index (χ3n) is 1.99. The van der Waals surface area contributed by atoms with E-state index in [1.54, 1.807) is 6.07 Å². The first-order chi connectivity index (χ1) is 7.13. The topological polar surface area (TPSA) is 63.3 Å². The molecule has 0 atom stereocenters. The third kappa shape index (κ3) is 3.35. The first-order valence-corrected chi connectivity index (χ1v) is 4.72. The van der Waals surface area contributed by atoms with Crippen molar-refractivity contribution in [3.63, 3.8) is 0 Å². The van der Waals surface area contributed by atoms with Gasteiger partial charge in [0.1, 0.15) is 6.42 Å². The van der Waals surface area contributed by atoms with Crippen LogP contribution in [0.25, 0.3) is 0 Å². The number of rotatable bonds is 2. The zero-order valence-corrected chi connectivity index (χ0v) is 8.58. The first-order valence-electron chi connectivity index (χ1n) is 4.72. The normalized spacial score (nSPS) is 9.13. The highest BCUT2D eigenvalue weighted by Gasteiger charge is 1.97. The molecule has 0 unspecified atom stereocenters. The molecule has 0 saturated carbocycles. The van der Waals surface area contributed by atoms with Gasteiger partial charge in [-0.1, -0.05) is 24.8 Å². The fourth-order valence-electron chi connectivity index (χ4n) is 1.15. The molecule has 1 aromatic carbocycles. The van der Waals surface area contributed by atoms with E-state index < -0.39 is 5.97 Å². The number of nitrogen functional groups attached to an aromatic ring is 1. The summed E-state index contributed by atoms with van der Waals surface area (Å²) in [6.07, 6.45) is 0.754. The number of anilines is 1. The molecule has 15 heavy (non-hydrogen) atoms. The van der Waals surface area contributed by atoms with Gasteiger partial charge in [0.25, 0.3) is 0 Å². The number of nitrogens with two attached hydrogens (primary N) is 1. The van der Waals surface area contributed by atoms with Gasteiger partial charge in [-0.3, -0.25) is 4.79 Å². The summed E-state index contributed by atoms with van der Waals surface area (Å²) >= 11 is 0. The average molecular weight is 203 g/mol. The van der Waals surface area contributed by atoms with Gasteiger partial charge in [-0.05, 0) is 24.1 Å². The average Bonchev–Trinajstić information content (AvgIpc) is 2.20. The predicted octanol–water partition coefficient (Wildman–Crippen LogP) is 1.66. The molecule has 0 amide bonds. The maximum atomic E-state index is 10.3. The molecule has 3 heteroatoms. The number of carboxylic acid groups (broad SMARTS) is 1. The van der Waals surface area contributed by atoms with Gasteiger partial charge in [-0.15, -0.1) is 0 Å². The highest BCUT2D eigenvalue weighted by Crippen LogP contribution is 2.13. The van der Waals surface area contributed by atoms with E-state index >= 15 is 0 Å². The van der Waals surface area contributed by atoms with E-state index in [2.05, 4.69) is 11.8 Å². The van der Waals surface area contributed by atoms with E-state index in [-0.39, 0.29) is 6.42 Å². The van der Waals surface area contributed by atoms with E-state index in [0.29, 0.717) is 11.3 Å². The smallest absolute Gasteiger partial charge is 0.315 e. The van der Waals surface area contributed by atoms with Crippen molar-refractivity contribution in [1.29, 1.82) is 0 Å². The molecule has 0 fully saturated rings. The molecular formula is C12H13NO2. The molecule has 78 valence electrons.